The van der Waals surface area contributed by atoms with E-state index in [1.807, 2.05) is 0 Å². The van der Waals surface area contributed by atoms with Crippen molar-refractivity contribution >= 4 is 5.91 Å². The second-order valence-corrected chi connectivity index (χ2v) is 5.70. The zero-order chi connectivity index (χ0) is 11.4. The standard InChI is InChI=1S/C13H24N2O/c14-13(7-4-8-13)9-12(16)15-10-11-5-2-1-3-6-11/h11H,1-10,14H2,(H,15,16). The molecule has 3 nitrogen and oxygen atoms in total. The van der Waals surface area contributed by atoms with E-state index >= 15 is 0 Å². The maximum atomic E-state index is 11.7. The van der Waals surface area contributed by atoms with E-state index in [1.54, 1.807) is 0 Å². The molecule has 0 aromatic carbocycles. The molecule has 0 atom stereocenters. The summed E-state index contributed by atoms with van der Waals surface area (Å²) in [6.07, 6.45) is 10.4. The minimum absolute atomic E-state index is 0.160. The molecule has 0 saturated heterocycles. The van der Waals surface area contributed by atoms with Gasteiger partial charge in [-0.05, 0) is 38.0 Å². The van der Waals surface area contributed by atoms with Gasteiger partial charge in [-0.25, -0.2) is 0 Å². The maximum absolute atomic E-state index is 11.7. The summed E-state index contributed by atoms with van der Waals surface area (Å²) in [4.78, 5) is 11.7. The fourth-order valence-electron chi connectivity index (χ4n) is 2.84. The van der Waals surface area contributed by atoms with E-state index in [-0.39, 0.29) is 11.4 Å². The molecule has 0 radical (unpaired) electrons. The number of amides is 1. The molecular weight excluding hydrogens is 200 g/mol. The van der Waals surface area contributed by atoms with Gasteiger partial charge in [-0.15, -0.1) is 0 Å². The van der Waals surface area contributed by atoms with E-state index in [2.05, 4.69) is 5.32 Å². The van der Waals surface area contributed by atoms with Crippen LogP contribution >= 0.6 is 0 Å². The van der Waals surface area contributed by atoms with Crippen molar-refractivity contribution in [2.45, 2.75) is 63.3 Å². The first kappa shape index (κ1) is 11.9. The molecule has 0 aromatic rings. The lowest BCUT2D eigenvalue weighted by Gasteiger charge is -2.37. The van der Waals surface area contributed by atoms with Crippen molar-refractivity contribution in [2.75, 3.05) is 6.54 Å². The van der Waals surface area contributed by atoms with Crippen molar-refractivity contribution in [3.63, 3.8) is 0 Å². The van der Waals surface area contributed by atoms with Crippen molar-refractivity contribution in [3.8, 4) is 0 Å². The van der Waals surface area contributed by atoms with Gasteiger partial charge in [0.2, 0.25) is 5.91 Å². The Morgan fingerprint density at radius 1 is 1.19 bits per heavy atom. The molecule has 2 rings (SSSR count). The molecule has 2 saturated carbocycles. The first-order valence-corrected chi connectivity index (χ1v) is 6.74. The van der Waals surface area contributed by atoms with Crippen molar-refractivity contribution in [2.24, 2.45) is 11.7 Å². The van der Waals surface area contributed by atoms with E-state index in [4.69, 9.17) is 5.73 Å². The smallest absolute Gasteiger partial charge is 0.221 e. The van der Waals surface area contributed by atoms with E-state index in [0.717, 1.165) is 19.4 Å². The van der Waals surface area contributed by atoms with Crippen molar-refractivity contribution < 1.29 is 4.79 Å². The maximum Gasteiger partial charge on any atom is 0.221 e. The normalized spacial score (nSPS) is 24.8. The molecule has 2 aliphatic rings. The van der Waals surface area contributed by atoms with Crippen LogP contribution in [0.15, 0.2) is 0 Å². The van der Waals surface area contributed by atoms with Crippen LogP contribution in [0.1, 0.15) is 57.8 Å². The molecule has 16 heavy (non-hydrogen) atoms. The molecule has 2 aliphatic carbocycles. The van der Waals surface area contributed by atoms with Crippen LogP contribution in [0.5, 0.6) is 0 Å². The van der Waals surface area contributed by atoms with Crippen LogP contribution < -0.4 is 11.1 Å². The average molecular weight is 224 g/mol. The molecule has 3 N–H and O–H groups in total. The zero-order valence-electron chi connectivity index (χ0n) is 10.1. The van der Waals surface area contributed by atoms with Gasteiger partial charge in [0.1, 0.15) is 0 Å². The van der Waals surface area contributed by atoms with Gasteiger partial charge >= 0.3 is 0 Å². The van der Waals surface area contributed by atoms with Crippen molar-refractivity contribution in [1.29, 1.82) is 0 Å². The lowest BCUT2D eigenvalue weighted by atomic mass is 9.75. The predicted octanol–water partition coefficient (Wildman–Crippen LogP) is 1.95. The highest BCUT2D eigenvalue weighted by Crippen LogP contribution is 2.32. The predicted molar refractivity (Wildman–Crippen MR) is 65.0 cm³/mol. The van der Waals surface area contributed by atoms with Crippen LogP contribution in [-0.2, 0) is 4.79 Å². The van der Waals surface area contributed by atoms with Gasteiger partial charge in [-0.1, -0.05) is 19.3 Å². The highest BCUT2D eigenvalue weighted by molar-refractivity contribution is 5.77. The molecule has 3 heteroatoms. The van der Waals surface area contributed by atoms with Gasteiger partial charge in [0, 0.05) is 18.5 Å². The first-order chi connectivity index (χ1) is 7.68. The van der Waals surface area contributed by atoms with Crippen LogP contribution in [0.3, 0.4) is 0 Å². The number of rotatable bonds is 4. The second kappa shape index (κ2) is 5.17. The minimum atomic E-state index is -0.170. The van der Waals surface area contributed by atoms with Gasteiger partial charge in [0.25, 0.3) is 0 Å². The van der Waals surface area contributed by atoms with E-state index in [1.165, 1.54) is 38.5 Å². The van der Waals surface area contributed by atoms with Gasteiger partial charge in [0.05, 0.1) is 0 Å². The summed E-state index contributed by atoms with van der Waals surface area (Å²) in [5.74, 6) is 0.876. The Balaban J connectivity index is 1.63. The molecule has 0 spiro atoms. The topological polar surface area (TPSA) is 55.1 Å². The van der Waals surface area contributed by atoms with Crippen LogP contribution in [-0.4, -0.2) is 18.0 Å². The highest BCUT2D eigenvalue weighted by Gasteiger charge is 2.34. The molecule has 0 heterocycles. The van der Waals surface area contributed by atoms with E-state index < -0.39 is 0 Å². The Labute approximate surface area is 98.2 Å². The number of carbonyl (C=O) groups is 1. The number of carbonyl (C=O) groups excluding carboxylic acids is 1. The summed E-state index contributed by atoms with van der Waals surface area (Å²) in [6.45, 7) is 0.870. The molecule has 0 aromatic heterocycles. The Hall–Kier alpha value is -0.570. The van der Waals surface area contributed by atoms with Crippen LogP contribution in [0.2, 0.25) is 0 Å². The summed E-state index contributed by atoms with van der Waals surface area (Å²) in [5.41, 5.74) is 5.88. The highest BCUT2D eigenvalue weighted by atomic mass is 16.1. The summed E-state index contributed by atoms with van der Waals surface area (Å²) in [5, 5.41) is 3.06. The van der Waals surface area contributed by atoms with Crippen LogP contribution in [0, 0.1) is 5.92 Å². The Kier molecular flexibility index (Phi) is 3.85. The summed E-state index contributed by atoms with van der Waals surface area (Å²) >= 11 is 0. The Morgan fingerprint density at radius 2 is 1.88 bits per heavy atom. The van der Waals surface area contributed by atoms with E-state index in [9.17, 15) is 4.79 Å². The summed E-state index contributed by atoms with van der Waals surface area (Å²) in [6, 6.07) is 0. The third-order valence-corrected chi connectivity index (χ3v) is 4.17. The molecule has 1 amide bonds. The Morgan fingerprint density at radius 3 is 2.44 bits per heavy atom. The lowest BCUT2D eigenvalue weighted by Crippen LogP contribution is -2.50. The molecule has 2 fully saturated rings. The number of hydrogen-bond acceptors (Lipinski definition) is 2. The quantitative estimate of drug-likeness (QED) is 0.767. The van der Waals surface area contributed by atoms with Crippen LogP contribution in [0.25, 0.3) is 0 Å². The summed E-state index contributed by atoms with van der Waals surface area (Å²) in [7, 11) is 0. The number of nitrogens with one attached hydrogen (secondary N) is 1. The molecule has 92 valence electrons. The molecule has 0 aliphatic heterocycles. The third-order valence-electron chi connectivity index (χ3n) is 4.17. The molecular formula is C13H24N2O. The SMILES string of the molecule is NC1(CC(=O)NCC2CCCCC2)CCC1. The Bertz CT molecular complexity index is 242. The van der Waals surface area contributed by atoms with Gasteiger partial charge in [0.15, 0.2) is 0 Å². The fourth-order valence-corrected chi connectivity index (χ4v) is 2.84. The molecule has 0 unspecified atom stereocenters. The average Bonchev–Trinajstić information content (AvgIpc) is 2.26. The molecule has 0 bridgehead atoms. The fraction of sp³-hybridized carbons (Fsp3) is 0.923. The minimum Gasteiger partial charge on any atom is -0.356 e. The second-order valence-electron chi connectivity index (χ2n) is 5.70. The largest absolute Gasteiger partial charge is 0.356 e. The zero-order valence-corrected chi connectivity index (χ0v) is 10.1. The van der Waals surface area contributed by atoms with E-state index in [0.29, 0.717) is 12.3 Å². The van der Waals surface area contributed by atoms with Crippen LogP contribution in [0.4, 0.5) is 0 Å². The van der Waals surface area contributed by atoms with Gasteiger partial charge < -0.3 is 11.1 Å². The number of hydrogen-bond donors (Lipinski definition) is 2. The number of nitrogens with two attached hydrogens (primary N) is 1. The van der Waals surface area contributed by atoms with Crippen molar-refractivity contribution in [3.05, 3.63) is 0 Å². The monoisotopic (exact) mass is 224 g/mol. The summed E-state index contributed by atoms with van der Waals surface area (Å²) < 4.78 is 0. The third kappa shape index (κ3) is 3.21. The first-order valence-electron chi connectivity index (χ1n) is 6.74. The van der Waals surface area contributed by atoms with Crippen molar-refractivity contribution in [1.82, 2.24) is 5.32 Å². The van der Waals surface area contributed by atoms with Gasteiger partial charge in [-0.2, -0.15) is 0 Å². The van der Waals surface area contributed by atoms with Gasteiger partial charge in [-0.3, -0.25) is 4.79 Å². The lowest BCUT2D eigenvalue weighted by molar-refractivity contribution is -0.123.